The van der Waals surface area contributed by atoms with Gasteiger partial charge in [0.25, 0.3) is 5.56 Å². The summed E-state index contributed by atoms with van der Waals surface area (Å²) < 4.78 is 4.78. The van der Waals surface area contributed by atoms with Crippen molar-refractivity contribution in [2.75, 3.05) is 7.11 Å². The maximum Gasteiger partial charge on any atom is 0.264 e. The van der Waals surface area contributed by atoms with Gasteiger partial charge in [0.2, 0.25) is 0 Å². The van der Waals surface area contributed by atoms with Gasteiger partial charge in [-0.3, -0.25) is 4.79 Å². The van der Waals surface area contributed by atoms with Crippen LogP contribution < -0.4 is 5.56 Å². The third kappa shape index (κ3) is 2.43. The third-order valence-electron chi connectivity index (χ3n) is 1.29. The van der Waals surface area contributed by atoms with E-state index in [0.717, 1.165) is 0 Å². The second kappa shape index (κ2) is 3.96. The van der Waals surface area contributed by atoms with Gasteiger partial charge in [-0.25, -0.2) is 5.10 Å². The van der Waals surface area contributed by atoms with E-state index in [-0.39, 0.29) is 5.56 Å². The lowest BCUT2D eigenvalue weighted by molar-refractivity contribution is 0.405. The molecule has 1 aromatic heterocycles. The third-order valence-corrected chi connectivity index (χ3v) is 1.60. The maximum atomic E-state index is 10.6. The van der Waals surface area contributed by atoms with Gasteiger partial charge < -0.3 is 4.74 Å². The molecule has 0 saturated carbocycles. The number of ether oxygens (including phenoxy) is 1. The average Bonchev–Trinajstić information content (AvgIpc) is 2.09. The number of methoxy groups -OCH3 is 1. The monoisotopic (exact) mass is 184 g/mol. The van der Waals surface area contributed by atoms with E-state index < -0.39 is 0 Å². The van der Waals surface area contributed by atoms with Crippen LogP contribution in [0, 0.1) is 0 Å². The van der Waals surface area contributed by atoms with Gasteiger partial charge in [0.15, 0.2) is 5.05 Å². The lowest BCUT2D eigenvalue weighted by Gasteiger charge is -1.99. The Morgan fingerprint density at radius 1 is 1.75 bits per heavy atom. The molecule has 0 unspecified atom stereocenters. The Morgan fingerprint density at radius 2 is 2.50 bits per heavy atom. The van der Waals surface area contributed by atoms with Gasteiger partial charge in [0, 0.05) is 6.07 Å². The highest BCUT2D eigenvalue weighted by atomic mass is 32.1. The standard InChI is InChI=1S/C7H8N2O2S/c1-11-7(12)4-5-2-3-6(10)9-8-5/h2-3H,4H2,1H3,(H,9,10). The van der Waals surface area contributed by atoms with Crippen molar-refractivity contribution in [1.29, 1.82) is 0 Å². The number of nitrogens with zero attached hydrogens (tertiary/aromatic N) is 1. The minimum atomic E-state index is -0.220. The van der Waals surface area contributed by atoms with E-state index >= 15 is 0 Å². The van der Waals surface area contributed by atoms with E-state index in [4.69, 9.17) is 17.0 Å². The molecule has 0 bridgehead atoms. The Labute approximate surface area is 74.6 Å². The topological polar surface area (TPSA) is 55.0 Å². The SMILES string of the molecule is COC(=S)Cc1ccc(=O)[nH]n1. The average molecular weight is 184 g/mol. The molecule has 1 rings (SSSR count). The summed E-state index contributed by atoms with van der Waals surface area (Å²) in [4.78, 5) is 10.6. The largest absolute Gasteiger partial charge is 0.490 e. The van der Waals surface area contributed by atoms with Gasteiger partial charge in [0.05, 0.1) is 19.2 Å². The molecule has 1 aromatic rings. The molecule has 0 radical (unpaired) electrons. The number of hydrogen-bond acceptors (Lipinski definition) is 4. The Kier molecular flexibility index (Phi) is 2.93. The van der Waals surface area contributed by atoms with Crippen LogP contribution in [-0.4, -0.2) is 22.4 Å². The first-order valence-electron chi connectivity index (χ1n) is 3.34. The van der Waals surface area contributed by atoms with Gasteiger partial charge in [0.1, 0.15) is 0 Å². The first kappa shape index (κ1) is 8.86. The van der Waals surface area contributed by atoms with Gasteiger partial charge in [-0.15, -0.1) is 0 Å². The summed E-state index contributed by atoms with van der Waals surface area (Å²) in [6.07, 6.45) is 0.447. The fraction of sp³-hybridized carbons (Fsp3) is 0.286. The van der Waals surface area contributed by atoms with Crippen molar-refractivity contribution in [2.24, 2.45) is 0 Å². The van der Waals surface area contributed by atoms with Gasteiger partial charge in [-0.05, 0) is 18.3 Å². The molecule has 0 amide bonds. The molecule has 0 aliphatic carbocycles. The molecule has 0 aromatic carbocycles. The molecule has 0 atom stereocenters. The van der Waals surface area contributed by atoms with Crippen LogP contribution in [0.2, 0.25) is 0 Å². The highest BCUT2D eigenvalue weighted by molar-refractivity contribution is 7.80. The number of aromatic nitrogens is 2. The number of rotatable bonds is 2. The summed E-state index contributed by atoms with van der Waals surface area (Å²) >= 11 is 4.82. The molecule has 0 aliphatic rings. The van der Waals surface area contributed by atoms with Crippen LogP contribution in [0.4, 0.5) is 0 Å². The maximum absolute atomic E-state index is 10.6. The number of thiocarbonyl (C=S) groups is 1. The van der Waals surface area contributed by atoms with Crippen LogP contribution >= 0.6 is 12.2 Å². The van der Waals surface area contributed by atoms with E-state index in [0.29, 0.717) is 17.2 Å². The number of aromatic amines is 1. The van der Waals surface area contributed by atoms with Crippen molar-refractivity contribution in [3.05, 3.63) is 28.2 Å². The van der Waals surface area contributed by atoms with Gasteiger partial charge in [-0.2, -0.15) is 5.10 Å². The molecule has 0 aliphatic heterocycles. The fourth-order valence-electron chi connectivity index (χ4n) is 0.692. The zero-order valence-electron chi connectivity index (χ0n) is 6.53. The second-order valence-electron chi connectivity index (χ2n) is 2.17. The Bertz CT molecular complexity index is 314. The van der Waals surface area contributed by atoms with E-state index in [1.54, 1.807) is 6.07 Å². The molecule has 64 valence electrons. The normalized spacial score (nSPS) is 9.42. The molecular weight excluding hydrogens is 176 g/mol. The number of nitrogens with one attached hydrogen (secondary N) is 1. The summed E-state index contributed by atoms with van der Waals surface area (Å²) in [5, 5.41) is 6.52. The smallest absolute Gasteiger partial charge is 0.264 e. The van der Waals surface area contributed by atoms with Crippen molar-refractivity contribution in [2.45, 2.75) is 6.42 Å². The van der Waals surface area contributed by atoms with Crippen LogP contribution in [0.1, 0.15) is 5.69 Å². The summed E-state index contributed by atoms with van der Waals surface area (Å²) in [6.45, 7) is 0. The van der Waals surface area contributed by atoms with Crippen LogP contribution in [0.25, 0.3) is 0 Å². The predicted octanol–water partition coefficient (Wildman–Crippen LogP) is 0.286. The van der Waals surface area contributed by atoms with Crippen LogP contribution in [0.3, 0.4) is 0 Å². The van der Waals surface area contributed by atoms with E-state index in [9.17, 15) is 4.79 Å². The van der Waals surface area contributed by atoms with Gasteiger partial charge in [-0.1, -0.05) is 0 Å². The Hall–Kier alpha value is -1.23. The van der Waals surface area contributed by atoms with Crippen molar-refractivity contribution < 1.29 is 4.74 Å². The lowest BCUT2D eigenvalue weighted by Crippen LogP contribution is -2.10. The zero-order chi connectivity index (χ0) is 8.97. The molecule has 1 N–H and O–H groups in total. The summed E-state index contributed by atoms with van der Waals surface area (Å²) in [6, 6.07) is 3.02. The summed E-state index contributed by atoms with van der Waals surface area (Å²) in [7, 11) is 1.51. The molecule has 1 heterocycles. The van der Waals surface area contributed by atoms with E-state index in [2.05, 4.69) is 10.2 Å². The Balaban J connectivity index is 2.71. The first-order chi connectivity index (χ1) is 5.72. The highest BCUT2D eigenvalue weighted by Gasteiger charge is 1.99. The minimum Gasteiger partial charge on any atom is -0.490 e. The molecule has 0 spiro atoms. The molecule has 12 heavy (non-hydrogen) atoms. The van der Waals surface area contributed by atoms with E-state index in [1.165, 1.54) is 13.2 Å². The lowest BCUT2D eigenvalue weighted by atomic mass is 10.3. The molecular formula is C7H8N2O2S. The van der Waals surface area contributed by atoms with Crippen molar-refractivity contribution >= 4 is 17.3 Å². The van der Waals surface area contributed by atoms with E-state index in [1.807, 2.05) is 0 Å². The van der Waals surface area contributed by atoms with Crippen molar-refractivity contribution in [3.8, 4) is 0 Å². The van der Waals surface area contributed by atoms with Crippen LogP contribution in [0.5, 0.6) is 0 Å². The summed E-state index contributed by atoms with van der Waals surface area (Å²) in [5.41, 5.74) is 0.475. The van der Waals surface area contributed by atoms with Crippen LogP contribution in [0.15, 0.2) is 16.9 Å². The highest BCUT2D eigenvalue weighted by Crippen LogP contribution is 1.93. The summed E-state index contributed by atoms with van der Waals surface area (Å²) in [5.74, 6) is 0. The Morgan fingerprint density at radius 3 is 3.00 bits per heavy atom. The van der Waals surface area contributed by atoms with Crippen LogP contribution in [-0.2, 0) is 11.2 Å². The molecule has 0 saturated heterocycles. The minimum absolute atomic E-state index is 0.220. The molecule has 5 heteroatoms. The quantitative estimate of drug-likeness (QED) is 0.671. The van der Waals surface area contributed by atoms with Gasteiger partial charge >= 0.3 is 0 Å². The first-order valence-corrected chi connectivity index (χ1v) is 3.74. The number of H-pyrrole nitrogens is 1. The fourth-order valence-corrected chi connectivity index (χ4v) is 0.840. The van der Waals surface area contributed by atoms with Crippen molar-refractivity contribution in [1.82, 2.24) is 10.2 Å². The van der Waals surface area contributed by atoms with Crippen molar-refractivity contribution in [3.63, 3.8) is 0 Å². The zero-order valence-corrected chi connectivity index (χ0v) is 7.35. The predicted molar refractivity (Wildman–Crippen MR) is 48.2 cm³/mol. The number of hydrogen-bond donors (Lipinski definition) is 1. The molecule has 0 fully saturated rings. The second-order valence-corrected chi connectivity index (χ2v) is 2.62. The molecule has 4 nitrogen and oxygen atoms in total.